The second-order valence-electron chi connectivity index (χ2n) is 5.02. The van der Waals surface area contributed by atoms with E-state index >= 15 is 0 Å². The molecule has 1 nitrogen and oxygen atoms in total. The third kappa shape index (κ3) is 15.8. The van der Waals surface area contributed by atoms with Crippen LogP contribution in [0.2, 0.25) is 0 Å². The first-order chi connectivity index (χ1) is 8.77. The van der Waals surface area contributed by atoms with Crippen LogP contribution in [0.4, 0.5) is 0 Å². The molecule has 0 N–H and O–H groups in total. The van der Waals surface area contributed by atoms with E-state index in [1.165, 1.54) is 57.8 Å². The van der Waals surface area contributed by atoms with Gasteiger partial charge in [-0.3, -0.25) is 4.79 Å². The van der Waals surface area contributed by atoms with Crippen molar-refractivity contribution in [1.82, 2.24) is 0 Å². The Kier molecular flexibility index (Phi) is 14.6. The van der Waals surface area contributed by atoms with Crippen LogP contribution in [0.15, 0.2) is 12.2 Å². The summed E-state index contributed by atoms with van der Waals surface area (Å²) in [5, 5.41) is -0.0114. The Balaban J connectivity index is 3.04. The molecule has 0 unspecified atom stereocenters. The fourth-order valence-electron chi connectivity index (χ4n) is 2.02. The molecule has 0 fully saturated rings. The van der Waals surface area contributed by atoms with Crippen molar-refractivity contribution in [2.75, 3.05) is 0 Å². The molecule has 0 aromatic heterocycles. The Hall–Kier alpha value is -0.240. The van der Waals surface area contributed by atoms with Gasteiger partial charge in [-0.15, -0.1) is 12.6 Å². The number of carbonyl (C=O) groups excluding carboxylic acids is 1. The van der Waals surface area contributed by atoms with E-state index < -0.39 is 0 Å². The van der Waals surface area contributed by atoms with E-state index in [0.29, 0.717) is 6.42 Å². The van der Waals surface area contributed by atoms with Gasteiger partial charge < -0.3 is 0 Å². The van der Waals surface area contributed by atoms with Crippen molar-refractivity contribution in [3.05, 3.63) is 12.2 Å². The van der Waals surface area contributed by atoms with E-state index in [9.17, 15) is 4.79 Å². The maximum Gasteiger partial charge on any atom is 0.186 e. The zero-order valence-corrected chi connectivity index (χ0v) is 12.9. The number of hydrogen-bond donors (Lipinski definition) is 1. The highest BCUT2D eigenvalue weighted by molar-refractivity contribution is 7.96. The molecular weight excluding hydrogens is 240 g/mol. The van der Waals surface area contributed by atoms with Gasteiger partial charge in [0.2, 0.25) is 0 Å². The molecule has 0 heterocycles. The molecule has 0 aliphatic carbocycles. The summed E-state index contributed by atoms with van der Waals surface area (Å²) in [6.45, 7) is 2.26. The van der Waals surface area contributed by atoms with Crippen molar-refractivity contribution < 1.29 is 4.79 Å². The zero-order valence-electron chi connectivity index (χ0n) is 12.0. The average Bonchev–Trinajstić information content (AvgIpc) is 2.34. The summed E-state index contributed by atoms with van der Waals surface area (Å²) in [5.74, 6) is 0. The molecule has 0 rings (SSSR count). The molecule has 0 aliphatic heterocycles. The molecule has 0 aromatic rings. The maximum atomic E-state index is 10.6. The number of rotatable bonds is 13. The van der Waals surface area contributed by atoms with Gasteiger partial charge in [0.1, 0.15) is 0 Å². The zero-order chi connectivity index (χ0) is 13.5. The summed E-state index contributed by atoms with van der Waals surface area (Å²) in [6, 6.07) is 0. The van der Waals surface area contributed by atoms with Crippen LogP contribution in [-0.4, -0.2) is 5.12 Å². The van der Waals surface area contributed by atoms with E-state index in [1.54, 1.807) is 0 Å². The first-order valence-electron chi connectivity index (χ1n) is 7.64. The molecule has 0 atom stereocenters. The quantitative estimate of drug-likeness (QED) is 0.258. The minimum Gasteiger partial charge on any atom is -0.287 e. The monoisotopic (exact) mass is 270 g/mol. The van der Waals surface area contributed by atoms with Crippen molar-refractivity contribution in [2.45, 2.75) is 84.0 Å². The standard InChI is InChI=1S/C16H30OS/c1-2-3-4-5-6-7-8-9-10-11-12-13-14-15-16(17)18/h12-13H,2-11,14-15H2,1H3,(H,17,18)/b13-12+. The maximum absolute atomic E-state index is 10.6. The van der Waals surface area contributed by atoms with Crippen LogP contribution in [0.25, 0.3) is 0 Å². The molecule has 0 saturated heterocycles. The minimum absolute atomic E-state index is 0.0114. The van der Waals surface area contributed by atoms with Crippen LogP contribution >= 0.6 is 12.6 Å². The fourth-order valence-corrected chi connectivity index (χ4v) is 2.14. The van der Waals surface area contributed by atoms with E-state index in [0.717, 1.165) is 12.8 Å². The summed E-state index contributed by atoms with van der Waals surface area (Å²) in [4.78, 5) is 10.6. The van der Waals surface area contributed by atoms with Gasteiger partial charge in [-0.1, -0.05) is 70.4 Å². The molecule has 106 valence electrons. The fraction of sp³-hybridized carbons (Fsp3) is 0.812. The number of hydrogen-bond acceptors (Lipinski definition) is 1. The van der Waals surface area contributed by atoms with Gasteiger partial charge in [0.15, 0.2) is 5.12 Å². The van der Waals surface area contributed by atoms with Gasteiger partial charge in [0.05, 0.1) is 0 Å². The van der Waals surface area contributed by atoms with Crippen molar-refractivity contribution in [3.63, 3.8) is 0 Å². The summed E-state index contributed by atoms with van der Waals surface area (Å²) >= 11 is 3.74. The van der Waals surface area contributed by atoms with Gasteiger partial charge >= 0.3 is 0 Å². The molecule has 0 spiro atoms. The first kappa shape index (κ1) is 17.8. The lowest BCUT2D eigenvalue weighted by molar-refractivity contribution is -0.110. The average molecular weight is 270 g/mol. The molecule has 0 saturated carbocycles. The van der Waals surface area contributed by atoms with Crippen molar-refractivity contribution in [1.29, 1.82) is 0 Å². The Morgan fingerprint density at radius 2 is 1.33 bits per heavy atom. The second kappa shape index (κ2) is 14.8. The van der Waals surface area contributed by atoms with Gasteiger partial charge in [0.25, 0.3) is 0 Å². The predicted octanol–water partition coefficient (Wildman–Crippen LogP) is 5.70. The van der Waals surface area contributed by atoms with E-state index in [1.807, 2.05) is 0 Å². The Labute approximate surface area is 119 Å². The first-order valence-corrected chi connectivity index (χ1v) is 8.09. The number of carbonyl (C=O) groups is 1. The molecular formula is C16H30OS. The normalized spacial score (nSPS) is 11.2. The van der Waals surface area contributed by atoms with Crippen molar-refractivity contribution >= 4 is 17.7 Å². The summed E-state index contributed by atoms with van der Waals surface area (Å²) in [5.41, 5.74) is 0. The Morgan fingerprint density at radius 3 is 1.89 bits per heavy atom. The van der Waals surface area contributed by atoms with Crippen LogP contribution in [-0.2, 0) is 4.79 Å². The van der Waals surface area contributed by atoms with E-state index in [-0.39, 0.29) is 5.12 Å². The number of unbranched alkanes of at least 4 members (excludes halogenated alkanes) is 9. The van der Waals surface area contributed by atoms with E-state index in [2.05, 4.69) is 31.7 Å². The molecule has 0 aromatic carbocycles. The molecule has 0 amide bonds. The largest absolute Gasteiger partial charge is 0.287 e. The second-order valence-corrected chi connectivity index (χ2v) is 5.52. The molecule has 0 aliphatic rings. The lowest BCUT2D eigenvalue weighted by atomic mass is 10.1. The van der Waals surface area contributed by atoms with Gasteiger partial charge in [-0.25, -0.2) is 0 Å². The third-order valence-electron chi connectivity index (χ3n) is 3.17. The highest BCUT2D eigenvalue weighted by atomic mass is 32.1. The summed E-state index contributed by atoms with van der Waals surface area (Å²) in [6.07, 6.45) is 19.3. The van der Waals surface area contributed by atoms with Gasteiger partial charge in [-0.2, -0.15) is 0 Å². The third-order valence-corrected chi connectivity index (χ3v) is 3.39. The summed E-state index contributed by atoms with van der Waals surface area (Å²) in [7, 11) is 0. The minimum atomic E-state index is -0.0114. The molecule has 0 bridgehead atoms. The molecule has 2 heteroatoms. The topological polar surface area (TPSA) is 17.1 Å². The van der Waals surface area contributed by atoms with Gasteiger partial charge in [-0.05, 0) is 19.3 Å². The van der Waals surface area contributed by atoms with Crippen LogP contribution < -0.4 is 0 Å². The van der Waals surface area contributed by atoms with Crippen LogP contribution in [0.3, 0.4) is 0 Å². The SMILES string of the molecule is CCCCCCCCCCC/C=C/CCC(=O)S. The predicted molar refractivity (Wildman–Crippen MR) is 84.2 cm³/mol. The van der Waals surface area contributed by atoms with Crippen LogP contribution in [0.5, 0.6) is 0 Å². The highest BCUT2D eigenvalue weighted by Gasteiger charge is 1.92. The van der Waals surface area contributed by atoms with E-state index in [4.69, 9.17) is 0 Å². The van der Waals surface area contributed by atoms with Crippen molar-refractivity contribution in [2.24, 2.45) is 0 Å². The number of thiol groups is 1. The Morgan fingerprint density at radius 1 is 0.833 bits per heavy atom. The van der Waals surface area contributed by atoms with Crippen molar-refractivity contribution in [3.8, 4) is 0 Å². The van der Waals surface area contributed by atoms with Gasteiger partial charge in [0, 0.05) is 6.42 Å². The number of allylic oxidation sites excluding steroid dienone is 2. The summed E-state index contributed by atoms with van der Waals surface area (Å²) < 4.78 is 0. The van der Waals surface area contributed by atoms with Crippen LogP contribution in [0.1, 0.15) is 84.0 Å². The lowest BCUT2D eigenvalue weighted by Crippen LogP contribution is -1.83. The van der Waals surface area contributed by atoms with Crippen LogP contribution in [0, 0.1) is 0 Å². The molecule has 0 radical (unpaired) electrons. The Bertz CT molecular complexity index is 211. The lowest BCUT2D eigenvalue weighted by Gasteiger charge is -2.00. The molecule has 18 heavy (non-hydrogen) atoms. The highest BCUT2D eigenvalue weighted by Crippen LogP contribution is 2.10. The smallest absolute Gasteiger partial charge is 0.186 e.